The third-order valence-electron chi connectivity index (χ3n) is 2.89. The molecule has 0 aliphatic carbocycles. The standard InChI is InChI=1S/C15H12F3NO2/c16-11-3-1-2-9(6-11)4-5-19-14-12(17)7-10(15(20)21)8-13(14)18/h1-3,6-8,19H,4-5H2,(H,20,21). The molecule has 0 saturated heterocycles. The molecule has 2 N–H and O–H groups in total. The Morgan fingerprint density at radius 2 is 1.76 bits per heavy atom. The minimum atomic E-state index is -1.40. The highest BCUT2D eigenvalue weighted by Crippen LogP contribution is 2.21. The number of nitrogens with one attached hydrogen (secondary N) is 1. The van der Waals surface area contributed by atoms with Crippen LogP contribution in [-0.2, 0) is 6.42 Å². The van der Waals surface area contributed by atoms with Crippen LogP contribution in [0.4, 0.5) is 18.9 Å². The maximum Gasteiger partial charge on any atom is 0.335 e. The summed E-state index contributed by atoms with van der Waals surface area (Å²) in [5.41, 5.74) is -0.164. The minimum Gasteiger partial charge on any atom is -0.478 e. The van der Waals surface area contributed by atoms with Crippen LogP contribution in [0.1, 0.15) is 15.9 Å². The van der Waals surface area contributed by atoms with Gasteiger partial charge in [-0.2, -0.15) is 0 Å². The van der Waals surface area contributed by atoms with E-state index in [1.807, 2.05) is 0 Å². The van der Waals surface area contributed by atoms with Crippen LogP contribution in [-0.4, -0.2) is 17.6 Å². The topological polar surface area (TPSA) is 49.3 Å². The number of hydrogen-bond acceptors (Lipinski definition) is 2. The van der Waals surface area contributed by atoms with Crippen molar-refractivity contribution in [3.63, 3.8) is 0 Å². The Morgan fingerprint density at radius 3 is 2.33 bits per heavy atom. The summed E-state index contributed by atoms with van der Waals surface area (Å²) in [5, 5.41) is 11.2. The molecule has 0 atom stereocenters. The highest BCUT2D eigenvalue weighted by molar-refractivity contribution is 5.88. The van der Waals surface area contributed by atoms with Gasteiger partial charge in [0.2, 0.25) is 0 Å². The third-order valence-corrected chi connectivity index (χ3v) is 2.89. The quantitative estimate of drug-likeness (QED) is 0.888. The van der Waals surface area contributed by atoms with Crippen molar-refractivity contribution >= 4 is 11.7 Å². The number of halogens is 3. The van der Waals surface area contributed by atoms with Crippen LogP contribution >= 0.6 is 0 Å². The smallest absolute Gasteiger partial charge is 0.335 e. The maximum atomic E-state index is 13.6. The monoisotopic (exact) mass is 295 g/mol. The van der Waals surface area contributed by atoms with Gasteiger partial charge in [-0.25, -0.2) is 18.0 Å². The molecule has 0 fully saturated rings. The van der Waals surface area contributed by atoms with E-state index in [1.165, 1.54) is 12.1 Å². The number of aromatic carboxylic acids is 1. The van der Waals surface area contributed by atoms with E-state index in [9.17, 15) is 18.0 Å². The molecule has 2 aromatic carbocycles. The molecule has 0 unspecified atom stereocenters. The Bertz CT molecular complexity index is 651. The van der Waals surface area contributed by atoms with Crippen LogP contribution in [0.15, 0.2) is 36.4 Å². The van der Waals surface area contributed by atoms with Crippen molar-refractivity contribution in [2.45, 2.75) is 6.42 Å². The second-order valence-electron chi connectivity index (χ2n) is 4.43. The van der Waals surface area contributed by atoms with Crippen molar-refractivity contribution in [2.75, 3.05) is 11.9 Å². The summed E-state index contributed by atoms with van der Waals surface area (Å²) in [6, 6.07) is 7.38. The Labute approximate surface area is 119 Å². The second-order valence-corrected chi connectivity index (χ2v) is 4.43. The molecule has 2 aromatic rings. The van der Waals surface area contributed by atoms with Crippen LogP contribution in [0.2, 0.25) is 0 Å². The first-order valence-corrected chi connectivity index (χ1v) is 6.18. The van der Waals surface area contributed by atoms with Gasteiger partial charge in [0.15, 0.2) is 0 Å². The molecule has 0 aromatic heterocycles. The molecule has 21 heavy (non-hydrogen) atoms. The summed E-state index contributed by atoms with van der Waals surface area (Å²) in [4.78, 5) is 10.7. The zero-order chi connectivity index (χ0) is 15.4. The molecule has 0 saturated carbocycles. The predicted molar refractivity (Wildman–Crippen MR) is 71.9 cm³/mol. The van der Waals surface area contributed by atoms with Gasteiger partial charge in [0.25, 0.3) is 0 Å². The van der Waals surface area contributed by atoms with Crippen molar-refractivity contribution in [3.8, 4) is 0 Å². The predicted octanol–water partition coefficient (Wildman–Crippen LogP) is 3.46. The Morgan fingerprint density at radius 1 is 1.10 bits per heavy atom. The summed E-state index contributed by atoms with van der Waals surface area (Å²) in [6.07, 6.45) is 0.372. The first-order valence-electron chi connectivity index (χ1n) is 6.18. The SMILES string of the molecule is O=C(O)c1cc(F)c(NCCc2cccc(F)c2)c(F)c1. The fourth-order valence-electron chi connectivity index (χ4n) is 1.89. The van der Waals surface area contributed by atoms with Crippen LogP contribution in [0.25, 0.3) is 0 Å². The lowest BCUT2D eigenvalue weighted by Gasteiger charge is -2.09. The molecule has 3 nitrogen and oxygen atoms in total. The van der Waals surface area contributed by atoms with Crippen LogP contribution in [0, 0.1) is 17.5 Å². The van der Waals surface area contributed by atoms with Gasteiger partial charge in [0, 0.05) is 6.54 Å². The van der Waals surface area contributed by atoms with E-state index in [-0.39, 0.29) is 12.4 Å². The minimum absolute atomic E-state index is 0.184. The van der Waals surface area contributed by atoms with E-state index in [1.54, 1.807) is 12.1 Å². The van der Waals surface area contributed by atoms with Gasteiger partial charge in [-0.05, 0) is 36.2 Å². The van der Waals surface area contributed by atoms with Gasteiger partial charge < -0.3 is 10.4 Å². The van der Waals surface area contributed by atoms with Gasteiger partial charge in [-0.1, -0.05) is 12.1 Å². The zero-order valence-electron chi connectivity index (χ0n) is 10.9. The molecule has 0 heterocycles. The van der Waals surface area contributed by atoms with Crippen molar-refractivity contribution in [3.05, 3.63) is 65.0 Å². The zero-order valence-corrected chi connectivity index (χ0v) is 10.9. The molecular formula is C15H12F3NO2. The average Bonchev–Trinajstić information content (AvgIpc) is 2.41. The Balaban J connectivity index is 2.05. The summed E-state index contributed by atoms with van der Waals surface area (Å²) < 4.78 is 40.2. The van der Waals surface area contributed by atoms with Crippen molar-refractivity contribution in [2.24, 2.45) is 0 Å². The second kappa shape index (κ2) is 6.30. The molecule has 0 spiro atoms. The maximum absolute atomic E-state index is 13.6. The number of benzene rings is 2. The summed E-state index contributed by atoms with van der Waals surface area (Å²) in [7, 11) is 0. The van der Waals surface area contributed by atoms with Gasteiger partial charge in [0.05, 0.1) is 5.56 Å². The number of rotatable bonds is 5. The van der Waals surface area contributed by atoms with Gasteiger partial charge in [0.1, 0.15) is 23.1 Å². The first kappa shape index (κ1) is 14.9. The Hall–Kier alpha value is -2.50. The van der Waals surface area contributed by atoms with Crippen molar-refractivity contribution in [1.29, 1.82) is 0 Å². The van der Waals surface area contributed by atoms with E-state index >= 15 is 0 Å². The van der Waals surface area contributed by atoms with E-state index in [4.69, 9.17) is 5.11 Å². The molecule has 2 rings (SSSR count). The number of carboxylic acids is 1. The van der Waals surface area contributed by atoms with Crippen LogP contribution < -0.4 is 5.32 Å². The van der Waals surface area contributed by atoms with E-state index < -0.39 is 28.9 Å². The summed E-state index contributed by atoms with van der Waals surface area (Å²) in [5.74, 6) is -3.74. The number of carboxylic acid groups (broad SMARTS) is 1. The highest BCUT2D eigenvalue weighted by atomic mass is 19.1. The molecule has 110 valence electrons. The van der Waals surface area contributed by atoms with E-state index in [2.05, 4.69) is 5.32 Å². The molecule has 0 radical (unpaired) electrons. The van der Waals surface area contributed by atoms with Gasteiger partial charge >= 0.3 is 5.97 Å². The molecule has 0 aliphatic rings. The molecule has 0 aliphatic heterocycles. The Kier molecular flexibility index (Phi) is 4.47. The molecular weight excluding hydrogens is 283 g/mol. The van der Waals surface area contributed by atoms with Crippen molar-refractivity contribution in [1.82, 2.24) is 0 Å². The fourth-order valence-corrected chi connectivity index (χ4v) is 1.89. The molecule has 6 heteroatoms. The number of carbonyl (C=O) groups is 1. The summed E-state index contributed by atoms with van der Waals surface area (Å²) >= 11 is 0. The van der Waals surface area contributed by atoms with E-state index in [0.29, 0.717) is 12.0 Å². The van der Waals surface area contributed by atoms with Crippen LogP contribution in [0.5, 0.6) is 0 Å². The first-order chi connectivity index (χ1) is 9.97. The third kappa shape index (κ3) is 3.75. The lowest BCUT2D eigenvalue weighted by molar-refractivity contribution is 0.0696. The summed E-state index contributed by atoms with van der Waals surface area (Å²) in [6.45, 7) is 0.184. The van der Waals surface area contributed by atoms with Crippen LogP contribution in [0.3, 0.4) is 0 Å². The average molecular weight is 295 g/mol. The number of hydrogen-bond donors (Lipinski definition) is 2. The lowest BCUT2D eigenvalue weighted by Crippen LogP contribution is -2.10. The van der Waals surface area contributed by atoms with E-state index in [0.717, 1.165) is 12.1 Å². The fraction of sp³-hybridized carbons (Fsp3) is 0.133. The van der Waals surface area contributed by atoms with Crippen molar-refractivity contribution < 1.29 is 23.1 Å². The highest BCUT2D eigenvalue weighted by Gasteiger charge is 2.14. The molecule has 0 amide bonds. The number of anilines is 1. The van der Waals surface area contributed by atoms with Gasteiger partial charge in [-0.3, -0.25) is 0 Å². The van der Waals surface area contributed by atoms with Gasteiger partial charge in [-0.15, -0.1) is 0 Å². The largest absolute Gasteiger partial charge is 0.478 e. The normalized spacial score (nSPS) is 10.4. The molecule has 0 bridgehead atoms. The lowest BCUT2D eigenvalue weighted by atomic mass is 10.1.